The van der Waals surface area contributed by atoms with Gasteiger partial charge in [-0.15, -0.1) is 12.4 Å². The Morgan fingerprint density at radius 3 is 1.96 bits per heavy atom. The molecule has 0 fully saturated rings. The maximum atomic E-state index is 12.6. The van der Waals surface area contributed by atoms with Crippen LogP contribution in [0.1, 0.15) is 60.8 Å². The van der Waals surface area contributed by atoms with E-state index in [1.165, 1.54) is 0 Å². The normalized spacial score (nSPS) is 13.3. The Labute approximate surface area is 153 Å². The smallest absolute Gasteiger partial charge is 0.323 e. The molecule has 0 saturated heterocycles. The van der Waals surface area contributed by atoms with Gasteiger partial charge >= 0.3 is 11.9 Å². The average molecular weight is 366 g/mol. The van der Waals surface area contributed by atoms with Gasteiger partial charge in [0.2, 0.25) is 0 Å². The summed E-state index contributed by atoms with van der Waals surface area (Å²) in [5.74, 6) is -0.471. The lowest BCUT2D eigenvalue weighted by molar-refractivity contribution is -0.173. The molecule has 0 heterocycles. The number of halogens is 1. The fourth-order valence-electron chi connectivity index (χ4n) is 2.50. The van der Waals surface area contributed by atoms with E-state index in [9.17, 15) is 9.59 Å². The van der Waals surface area contributed by atoms with E-state index in [1.807, 2.05) is 6.92 Å². The summed E-state index contributed by atoms with van der Waals surface area (Å²) < 4.78 is 10.6. The van der Waals surface area contributed by atoms with Crippen LogP contribution in [-0.2, 0) is 19.1 Å². The molecule has 0 spiro atoms. The predicted molar refractivity (Wildman–Crippen MR) is 99.4 cm³/mol. The minimum absolute atomic E-state index is 0. The highest BCUT2D eigenvalue weighted by atomic mass is 35.5. The third-order valence-corrected chi connectivity index (χ3v) is 4.34. The van der Waals surface area contributed by atoms with Crippen molar-refractivity contribution in [2.75, 3.05) is 32.8 Å². The van der Waals surface area contributed by atoms with E-state index >= 15 is 0 Å². The first kappa shape index (κ1) is 25.4. The second kappa shape index (κ2) is 13.5. The number of carbonyl (C=O) groups is 2. The second-order valence-electron chi connectivity index (χ2n) is 6.25. The molecule has 0 rings (SSSR count). The van der Waals surface area contributed by atoms with E-state index in [1.54, 1.807) is 6.92 Å². The van der Waals surface area contributed by atoms with Crippen LogP contribution in [0.5, 0.6) is 0 Å². The van der Waals surface area contributed by atoms with Crippen LogP contribution in [0.15, 0.2) is 0 Å². The largest absolute Gasteiger partial charge is 0.465 e. The molecule has 0 saturated carbocycles. The predicted octanol–water partition coefficient (Wildman–Crippen LogP) is 3.69. The van der Waals surface area contributed by atoms with Crippen LogP contribution in [0.4, 0.5) is 0 Å². The van der Waals surface area contributed by atoms with Gasteiger partial charge in [-0.05, 0) is 45.2 Å². The minimum atomic E-state index is -1.16. The number of esters is 2. The number of carbonyl (C=O) groups excluding carboxylic acids is 2. The molecule has 6 heteroatoms. The average Bonchev–Trinajstić information content (AvgIpc) is 2.52. The van der Waals surface area contributed by atoms with Crippen LogP contribution < -0.4 is 0 Å². The third kappa shape index (κ3) is 7.84. The van der Waals surface area contributed by atoms with Gasteiger partial charge in [0, 0.05) is 6.54 Å². The zero-order chi connectivity index (χ0) is 17.9. The van der Waals surface area contributed by atoms with Crippen molar-refractivity contribution < 1.29 is 19.1 Å². The molecule has 144 valence electrons. The molecular formula is C18H36ClNO4. The first-order valence-electron chi connectivity index (χ1n) is 8.94. The second-order valence-corrected chi connectivity index (χ2v) is 6.25. The molecule has 1 unspecified atom stereocenters. The van der Waals surface area contributed by atoms with Gasteiger partial charge in [0.05, 0.1) is 6.61 Å². The number of likely N-dealkylation sites (N-methyl/N-ethyl adjacent to an activating group) is 1. The highest BCUT2D eigenvalue weighted by Crippen LogP contribution is 2.33. The van der Waals surface area contributed by atoms with Crippen LogP contribution in [0.3, 0.4) is 0 Å². The van der Waals surface area contributed by atoms with Crippen molar-refractivity contribution in [2.45, 2.75) is 60.8 Å². The summed E-state index contributed by atoms with van der Waals surface area (Å²) in [6.07, 6.45) is 1.67. The highest BCUT2D eigenvalue weighted by Gasteiger charge is 2.47. The first-order chi connectivity index (χ1) is 10.9. The number of ether oxygens (including phenoxy) is 2. The highest BCUT2D eigenvalue weighted by molar-refractivity contribution is 6.00. The summed E-state index contributed by atoms with van der Waals surface area (Å²) in [4.78, 5) is 27.2. The Morgan fingerprint density at radius 2 is 1.54 bits per heavy atom. The van der Waals surface area contributed by atoms with Crippen LogP contribution in [0, 0.1) is 11.3 Å². The van der Waals surface area contributed by atoms with Crippen molar-refractivity contribution in [3.8, 4) is 0 Å². The molecule has 0 N–H and O–H groups in total. The fourth-order valence-corrected chi connectivity index (χ4v) is 2.50. The van der Waals surface area contributed by atoms with Crippen LogP contribution in [-0.4, -0.2) is 49.7 Å². The fraction of sp³-hybridized carbons (Fsp3) is 0.889. The molecular weight excluding hydrogens is 330 g/mol. The molecule has 0 bridgehead atoms. The summed E-state index contributed by atoms with van der Waals surface area (Å²) in [6, 6.07) is 0. The van der Waals surface area contributed by atoms with E-state index < -0.39 is 17.4 Å². The maximum absolute atomic E-state index is 12.6. The summed E-state index contributed by atoms with van der Waals surface area (Å²) in [5.41, 5.74) is -1.16. The third-order valence-electron chi connectivity index (χ3n) is 4.34. The van der Waals surface area contributed by atoms with Gasteiger partial charge in [0.25, 0.3) is 0 Å². The molecule has 0 radical (unpaired) electrons. The van der Waals surface area contributed by atoms with Gasteiger partial charge in [-0.1, -0.05) is 34.6 Å². The summed E-state index contributed by atoms with van der Waals surface area (Å²) in [7, 11) is 0. The van der Waals surface area contributed by atoms with E-state index in [4.69, 9.17) is 9.47 Å². The van der Waals surface area contributed by atoms with Crippen LogP contribution in [0.2, 0.25) is 0 Å². The standard InChI is InChI=1S/C18H35NO4.ClH/c1-7-18(12-11-15(5)6,16(20)22-10-4)17(21)23-14-13-19(8-2)9-3;/h15H,7-14H2,1-6H3;1H. The van der Waals surface area contributed by atoms with Crippen molar-refractivity contribution in [1.82, 2.24) is 4.90 Å². The van der Waals surface area contributed by atoms with Crippen molar-refractivity contribution in [3.63, 3.8) is 0 Å². The summed E-state index contributed by atoms with van der Waals surface area (Å²) in [6.45, 7) is 15.0. The summed E-state index contributed by atoms with van der Waals surface area (Å²) in [5, 5.41) is 0. The van der Waals surface area contributed by atoms with Crippen LogP contribution >= 0.6 is 12.4 Å². The monoisotopic (exact) mass is 365 g/mol. The molecule has 0 aliphatic heterocycles. The zero-order valence-corrected chi connectivity index (χ0v) is 17.0. The molecule has 0 aromatic heterocycles. The molecule has 0 amide bonds. The van der Waals surface area contributed by atoms with Gasteiger partial charge in [0.15, 0.2) is 5.41 Å². The van der Waals surface area contributed by atoms with E-state index in [0.29, 0.717) is 31.9 Å². The van der Waals surface area contributed by atoms with E-state index in [2.05, 4.69) is 32.6 Å². The SMILES string of the molecule is CCOC(=O)C(CC)(CCC(C)C)C(=O)OCCN(CC)CC.Cl. The number of hydrogen-bond acceptors (Lipinski definition) is 5. The molecule has 0 aliphatic rings. The lowest BCUT2D eigenvalue weighted by atomic mass is 9.79. The van der Waals surface area contributed by atoms with Crippen molar-refractivity contribution in [2.24, 2.45) is 11.3 Å². The van der Waals surface area contributed by atoms with Crippen molar-refractivity contribution >= 4 is 24.3 Å². The van der Waals surface area contributed by atoms with Gasteiger partial charge in [-0.25, -0.2) is 0 Å². The quantitative estimate of drug-likeness (QED) is 0.390. The van der Waals surface area contributed by atoms with Gasteiger partial charge < -0.3 is 14.4 Å². The molecule has 0 aromatic carbocycles. The molecule has 1 atom stereocenters. The Bertz CT molecular complexity index is 359. The number of hydrogen-bond donors (Lipinski definition) is 0. The molecule has 0 aliphatic carbocycles. The lowest BCUT2D eigenvalue weighted by Gasteiger charge is -2.29. The Kier molecular flexibility index (Phi) is 14.3. The molecule has 5 nitrogen and oxygen atoms in total. The minimum Gasteiger partial charge on any atom is -0.465 e. The number of nitrogens with zero attached hydrogens (tertiary/aromatic N) is 1. The summed E-state index contributed by atoms with van der Waals surface area (Å²) >= 11 is 0. The zero-order valence-electron chi connectivity index (χ0n) is 16.2. The van der Waals surface area contributed by atoms with Gasteiger partial charge in [-0.2, -0.15) is 0 Å². The van der Waals surface area contributed by atoms with Gasteiger partial charge in [0.1, 0.15) is 6.61 Å². The van der Waals surface area contributed by atoms with Crippen molar-refractivity contribution in [3.05, 3.63) is 0 Å². The number of rotatable bonds is 12. The lowest BCUT2D eigenvalue weighted by Crippen LogP contribution is -2.42. The first-order valence-corrected chi connectivity index (χ1v) is 8.94. The Morgan fingerprint density at radius 1 is 1.00 bits per heavy atom. The topological polar surface area (TPSA) is 55.8 Å². The van der Waals surface area contributed by atoms with Gasteiger partial charge in [-0.3, -0.25) is 9.59 Å². The van der Waals surface area contributed by atoms with Crippen LogP contribution in [0.25, 0.3) is 0 Å². The van der Waals surface area contributed by atoms with E-state index in [0.717, 1.165) is 19.5 Å². The van der Waals surface area contributed by atoms with Crippen molar-refractivity contribution in [1.29, 1.82) is 0 Å². The van der Waals surface area contributed by atoms with E-state index in [-0.39, 0.29) is 19.0 Å². The maximum Gasteiger partial charge on any atom is 0.323 e. The molecule has 24 heavy (non-hydrogen) atoms. The Hall–Kier alpha value is -0.810. The Balaban J connectivity index is 0. The molecule has 0 aromatic rings.